The Hall–Kier alpha value is -7.01. The van der Waals surface area contributed by atoms with Crippen molar-refractivity contribution in [1.82, 2.24) is 15.0 Å². The summed E-state index contributed by atoms with van der Waals surface area (Å²) in [6.07, 6.45) is 0. The van der Waals surface area contributed by atoms with E-state index in [1.54, 1.807) is 11.3 Å². The molecule has 0 saturated heterocycles. The quantitative estimate of drug-likeness (QED) is 0.175. The Morgan fingerprint density at radius 2 is 0.932 bits per heavy atom. The van der Waals surface area contributed by atoms with Crippen molar-refractivity contribution in [2.45, 2.75) is 24.7 Å². The smallest absolute Gasteiger partial charge is 0.165 e. The first kappa shape index (κ1) is 34.1. The van der Waals surface area contributed by atoms with E-state index in [4.69, 9.17) is 15.0 Å². The maximum atomic E-state index is 5.47. The number of benzene rings is 8. The number of rotatable bonds is 5. The summed E-state index contributed by atoms with van der Waals surface area (Å²) in [4.78, 5) is 16.3. The van der Waals surface area contributed by atoms with Crippen LogP contribution in [0.2, 0.25) is 0 Å². The molecule has 3 nitrogen and oxygen atoms in total. The molecule has 4 heteroatoms. The van der Waals surface area contributed by atoms with Gasteiger partial charge >= 0.3 is 0 Å². The summed E-state index contributed by atoms with van der Waals surface area (Å²) >= 11 is 1.80. The number of nitrogens with zero attached hydrogens (tertiary/aromatic N) is 3. The maximum Gasteiger partial charge on any atom is 0.165 e. The van der Waals surface area contributed by atoms with E-state index >= 15 is 0 Å². The second-order valence-electron chi connectivity index (χ2n) is 16.3. The highest BCUT2D eigenvalue weighted by Gasteiger charge is 2.46. The first-order valence-electron chi connectivity index (χ1n) is 20.3. The molecule has 2 aromatic heterocycles. The Morgan fingerprint density at radius 3 is 1.71 bits per heavy atom. The SMILES string of the molecule is CC1(C)c2ccccc2-c2c(-c3nc(-c4ccc5c(c4)C(c4ccccc4)(c4ccccc4)c4ccccc4-5)nc(-c4cccc5c4sc4ccccc45)n3)cccc21. The standard InChI is InChI=1S/C55H37N3S/c1-54(2)44-27-12-10-23-41(44)49-42(25-16-29-46(49)54)52-56-51(57-53(58-52)43-26-15-24-40-39-22-11-14-30-48(39)59-50(40)43)34-31-32-38-37-21-9-13-28-45(37)55(47(38)33-34,35-17-5-3-6-18-35)36-19-7-4-8-20-36/h3-33H,1-2H3. The van der Waals surface area contributed by atoms with Crippen molar-refractivity contribution in [2.24, 2.45) is 0 Å². The van der Waals surface area contributed by atoms with Crippen molar-refractivity contribution in [3.63, 3.8) is 0 Å². The second kappa shape index (κ2) is 12.7. The highest BCUT2D eigenvalue weighted by atomic mass is 32.1. The van der Waals surface area contributed by atoms with Gasteiger partial charge < -0.3 is 0 Å². The molecule has 0 atom stereocenters. The third-order valence-electron chi connectivity index (χ3n) is 12.8. The monoisotopic (exact) mass is 771 g/mol. The topological polar surface area (TPSA) is 38.7 Å². The van der Waals surface area contributed by atoms with Crippen molar-refractivity contribution >= 4 is 31.5 Å². The van der Waals surface area contributed by atoms with Crippen LogP contribution in [-0.4, -0.2) is 15.0 Å². The van der Waals surface area contributed by atoms with E-state index in [9.17, 15) is 0 Å². The zero-order valence-electron chi connectivity index (χ0n) is 32.6. The molecule has 59 heavy (non-hydrogen) atoms. The van der Waals surface area contributed by atoms with Crippen molar-refractivity contribution in [2.75, 3.05) is 0 Å². The molecule has 10 aromatic rings. The zero-order chi connectivity index (χ0) is 39.3. The van der Waals surface area contributed by atoms with Crippen LogP contribution in [0.1, 0.15) is 47.2 Å². The highest BCUT2D eigenvalue weighted by molar-refractivity contribution is 7.26. The molecule has 0 aliphatic heterocycles. The minimum Gasteiger partial charge on any atom is -0.208 e. The van der Waals surface area contributed by atoms with Crippen molar-refractivity contribution in [3.8, 4) is 56.4 Å². The molecule has 0 bridgehead atoms. The third kappa shape index (κ3) is 4.84. The minimum atomic E-state index is -0.540. The summed E-state index contributed by atoms with van der Waals surface area (Å²) in [5.74, 6) is 2.00. The molecule has 0 saturated carbocycles. The van der Waals surface area contributed by atoms with Gasteiger partial charge in [-0.15, -0.1) is 11.3 Å². The first-order chi connectivity index (χ1) is 29.0. The highest BCUT2D eigenvalue weighted by Crippen LogP contribution is 2.57. The van der Waals surface area contributed by atoms with Crippen LogP contribution in [-0.2, 0) is 10.8 Å². The number of fused-ring (bicyclic) bond motifs is 9. The lowest BCUT2D eigenvalue weighted by Gasteiger charge is -2.34. The van der Waals surface area contributed by atoms with Crippen LogP contribution in [0.15, 0.2) is 188 Å². The average Bonchev–Trinajstić information content (AvgIpc) is 3.91. The number of hydrogen-bond donors (Lipinski definition) is 0. The van der Waals surface area contributed by atoms with E-state index < -0.39 is 5.41 Å². The predicted octanol–water partition coefficient (Wildman–Crippen LogP) is 13.9. The van der Waals surface area contributed by atoms with Crippen LogP contribution in [0.4, 0.5) is 0 Å². The molecular formula is C55H37N3S. The summed E-state index contributed by atoms with van der Waals surface area (Å²) in [7, 11) is 0. The molecule has 0 amide bonds. The Bertz CT molecular complexity index is 3270. The predicted molar refractivity (Wildman–Crippen MR) is 244 cm³/mol. The van der Waals surface area contributed by atoms with Gasteiger partial charge in [0.2, 0.25) is 0 Å². The van der Waals surface area contributed by atoms with Gasteiger partial charge in [-0.2, -0.15) is 0 Å². The van der Waals surface area contributed by atoms with Gasteiger partial charge in [-0.05, 0) is 73.8 Å². The van der Waals surface area contributed by atoms with E-state index in [0.29, 0.717) is 17.5 Å². The molecular weight excluding hydrogens is 735 g/mol. The molecule has 2 aliphatic rings. The van der Waals surface area contributed by atoms with Gasteiger partial charge in [-0.3, -0.25) is 0 Å². The fraction of sp³-hybridized carbons (Fsp3) is 0.0727. The van der Waals surface area contributed by atoms with Gasteiger partial charge in [-0.1, -0.05) is 184 Å². The number of hydrogen-bond acceptors (Lipinski definition) is 4. The third-order valence-corrected chi connectivity index (χ3v) is 14.1. The molecule has 8 aromatic carbocycles. The Balaban J connectivity index is 1.14. The summed E-state index contributed by atoms with van der Waals surface area (Å²) in [6.45, 7) is 4.64. The van der Waals surface area contributed by atoms with E-state index in [-0.39, 0.29) is 5.41 Å². The van der Waals surface area contributed by atoms with Gasteiger partial charge in [-0.25, -0.2) is 15.0 Å². The molecule has 0 radical (unpaired) electrons. The van der Waals surface area contributed by atoms with Crippen LogP contribution in [0.5, 0.6) is 0 Å². The van der Waals surface area contributed by atoms with Crippen LogP contribution in [0.3, 0.4) is 0 Å². The van der Waals surface area contributed by atoms with E-state index in [0.717, 1.165) is 16.7 Å². The van der Waals surface area contributed by atoms with Gasteiger partial charge in [0.25, 0.3) is 0 Å². The summed E-state index contributed by atoms with van der Waals surface area (Å²) in [6, 6.07) is 68.2. The minimum absolute atomic E-state index is 0.156. The lowest BCUT2D eigenvalue weighted by Crippen LogP contribution is -2.28. The number of thiophene rings is 1. The largest absolute Gasteiger partial charge is 0.208 e. The van der Waals surface area contributed by atoms with E-state index in [2.05, 4.69) is 202 Å². The van der Waals surface area contributed by atoms with Gasteiger partial charge in [0.15, 0.2) is 17.5 Å². The lowest BCUT2D eigenvalue weighted by molar-refractivity contribution is 0.660. The normalized spacial score (nSPS) is 14.2. The Labute approximate surface area is 347 Å². The van der Waals surface area contributed by atoms with Gasteiger partial charge in [0.1, 0.15) is 0 Å². The molecule has 2 heterocycles. The van der Waals surface area contributed by atoms with Crippen LogP contribution < -0.4 is 0 Å². The molecule has 278 valence electrons. The maximum absolute atomic E-state index is 5.47. The first-order valence-corrected chi connectivity index (χ1v) is 21.1. The van der Waals surface area contributed by atoms with Crippen LogP contribution >= 0.6 is 11.3 Å². The van der Waals surface area contributed by atoms with Crippen molar-refractivity contribution in [3.05, 3.63) is 221 Å². The lowest BCUT2D eigenvalue weighted by atomic mass is 9.67. The number of aromatic nitrogens is 3. The molecule has 0 fully saturated rings. The van der Waals surface area contributed by atoms with Crippen molar-refractivity contribution < 1.29 is 0 Å². The van der Waals surface area contributed by atoms with Crippen LogP contribution in [0, 0.1) is 0 Å². The van der Waals surface area contributed by atoms with Gasteiger partial charge in [0.05, 0.1) is 5.41 Å². The van der Waals surface area contributed by atoms with Crippen molar-refractivity contribution in [1.29, 1.82) is 0 Å². The van der Waals surface area contributed by atoms with Crippen LogP contribution in [0.25, 0.3) is 76.6 Å². The summed E-state index contributed by atoms with van der Waals surface area (Å²) in [5.41, 5.74) is 14.8. The molecule has 0 unspecified atom stereocenters. The Kier molecular flexibility index (Phi) is 7.36. The van der Waals surface area contributed by atoms with Gasteiger partial charge in [0, 0.05) is 42.3 Å². The van der Waals surface area contributed by atoms with E-state index in [1.807, 2.05) is 0 Å². The zero-order valence-corrected chi connectivity index (χ0v) is 33.5. The second-order valence-corrected chi connectivity index (χ2v) is 17.3. The summed E-state index contributed by atoms with van der Waals surface area (Å²) < 4.78 is 2.43. The fourth-order valence-corrected chi connectivity index (χ4v) is 11.4. The molecule has 0 spiro atoms. The van der Waals surface area contributed by atoms with E-state index in [1.165, 1.54) is 75.8 Å². The average molecular weight is 772 g/mol. The molecule has 0 N–H and O–H groups in total. The Morgan fingerprint density at radius 1 is 0.390 bits per heavy atom. The fourth-order valence-electron chi connectivity index (χ4n) is 10.2. The molecule has 2 aliphatic carbocycles. The summed E-state index contributed by atoms with van der Waals surface area (Å²) in [5, 5.41) is 2.47. The molecule has 12 rings (SSSR count).